The van der Waals surface area contributed by atoms with Gasteiger partial charge in [-0.3, -0.25) is 14.6 Å². The molecule has 0 aliphatic carbocycles. The van der Waals surface area contributed by atoms with Crippen LogP contribution in [-0.2, 0) is 31.4 Å². The summed E-state index contributed by atoms with van der Waals surface area (Å²) in [6.45, 7) is 2.68. The molecule has 11 nitrogen and oxygen atoms in total. The van der Waals surface area contributed by atoms with Gasteiger partial charge in [0, 0.05) is 80.7 Å². The van der Waals surface area contributed by atoms with E-state index < -0.39 is 0 Å². The number of hydrogen-bond donors (Lipinski definition) is 4. The summed E-state index contributed by atoms with van der Waals surface area (Å²) >= 11 is 13.8. The maximum absolute atomic E-state index is 13.2. The second-order valence-corrected chi connectivity index (χ2v) is 11.5. The minimum Gasteiger partial charge on any atom is -0.481 e. The quantitative estimate of drug-likeness (QED) is 0.216. The molecule has 13 heteroatoms. The average molecular weight is 636 g/mol. The number of amides is 2. The molecule has 0 saturated carbocycles. The summed E-state index contributed by atoms with van der Waals surface area (Å²) in [6, 6.07) is 11.0. The van der Waals surface area contributed by atoms with Crippen LogP contribution in [0.25, 0.3) is 22.5 Å². The fourth-order valence-electron chi connectivity index (χ4n) is 5.62. The molecular weight excluding hydrogens is 603 g/mol. The maximum Gasteiger partial charge on any atom is 0.291 e. The first-order valence-corrected chi connectivity index (χ1v) is 15.1. The third-order valence-corrected chi connectivity index (χ3v) is 8.71. The van der Waals surface area contributed by atoms with Gasteiger partial charge in [0.2, 0.25) is 11.8 Å². The van der Waals surface area contributed by atoms with Gasteiger partial charge in [-0.25, -0.2) is 9.97 Å². The number of rotatable bonds is 9. The van der Waals surface area contributed by atoms with Crippen LogP contribution in [0.2, 0.25) is 10.0 Å². The largest absolute Gasteiger partial charge is 0.481 e. The minimum atomic E-state index is -0.354. The van der Waals surface area contributed by atoms with Crippen molar-refractivity contribution in [2.45, 2.75) is 38.4 Å². The van der Waals surface area contributed by atoms with Crippen molar-refractivity contribution in [2.24, 2.45) is 7.05 Å². The Balaban J connectivity index is 1.22. The molecular formula is C31H32Cl2N8O3. The van der Waals surface area contributed by atoms with E-state index in [-0.39, 0.29) is 17.9 Å². The van der Waals surface area contributed by atoms with Crippen molar-refractivity contribution in [3.8, 4) is 28.4 Å². The van der Waals surface area contributed by atoms with Crippen LogP contribution in [0.15, 0.2) is 42.6 Å². The van der Waals surface area contributed by atoms with Crippen molar-refractivity contribution in [3.05, 3.63) is 75.4 Å². The number of aromatic nitrogens is 4. The SMILES string of the molecule is COc1nc(-c2ccnc(-c3cccc(NC(=O)c4nc5c(n4C)CCNC5)c3Cl)c2Cl)ccc1CNC[C@@H]1CCC(=O)N1. The lowest BCUT2D eigenvalue weighted by molar-refractivity contribution is -0.119. The van der Waals surface area contributed by atoms with Crippen molar-refractivity contribution in [3.63, 3.8) is 0 Å². The van der Waals surface area contributed by atoms with E-state index in [1.807, 2.05) is 23.7 Å². The van der Waals surface area contributed by atoms with Crippen LogP contribution < -0.4 is 26.0 Å². The van der Waals surface area contributed by atoms with E-state index >= 15 is 0 Å². The summed E-state index contributed by atoms with van der Waals surface area (Å²) in [5, 5.41) is 13.2. The Morgan fingerprint density at radius 3 is 2.75 bits per heavy atom. The van der Waals surface area contributed by atoms with Crippen LogP contribution in [0.1, 0.15) is 40.4 Å². The van der Waals surface area contributed by atoms with Gasteiger partial charge in [0.15, 0.2) is 5.82 Å². The highest BCUT2D eigenvalue weighted by molar-refractivity contribution is 6.39. The lowest BCUT2D eigenvalue weighted by Crippen LogP contribution is -2.35. The van der Waals surface area contributed by atoms with E-state index in [1.165, 1.54) is 0 Å². The first kappa shape index (κ1) is 30.0. The average Bonchev–Trinajstić information content (AvgIpc) is 3.61. The molecule has 1 saturated heterocycles. The van der Waals surface area contributed by atoms with Gasteiger partial charge >= 0.3 is 0 Å². The van der Waals surface area contributed by atoms with Crippen LogP contribution in [0.3, 0.4) is 0 Å². The molecule has 0 unspecified atom stereocenters. The van der Waals surface area contributed by atoms with Crippen LogP contribution in [-0.4, -0.2) is 57.6 Å². The Kier molecular flexibility index (Phi) is 8.81. The number of halogens is 2. The van der Waals surface area contributed by atoms with Gasteiger partial charge in [-0.2, -0.15) is 0 Å². The summed E-state index contributed by atoms with van der Waals surface area (Å²) in [5.41, 5.74) is 5.50. The third kappa shape index (κ3) is 6.00. The highest BCUT2D eigenvalue weighted by atomic mass is 35.5. The van der Waals surface area contributed by atoms with E-state index in [0.29, 0.717) is 76.0 Å². The minimum absolute atomic E-state index is 0.0900. The summed E-state index contributed by atoms with van der Waals surface area (Å²) in [4.78, 5) is 38.5. The van der Waals surface area contributed by atoms with Crippen LogP contribution in [0.5, 0.6) is 5.88 Å². The number of imidazole rings is 1. The summed E-state index contributed by atoms with van der Waals surface area (Å²) in [7, 11) is 3.42. The number of hydrogen-bond acceptors (Lipinski definition) is 8. The molecule has 0 bridgehead atoms. The number of carbonyl (C=O) groups is 2. The summed E-state index contributed by atoms with van der Waals surface area (Å²) in [5.74, 6) is 0.525. The van der Waals surface area contributed by atoms with Gasteiger partial charge in [0.25, 0.3) is 5.91 Å². The zero-order valence-electron chi connectivity index (χ0n) is 24.3. The Hall–Kier alpha value is -4.03. The van der Waals surface area contributed by atoms with Gasteiger partial charge in [0.05, 0.1) is 39.9 Å². The molecule has 228 valence electrons. The second-order valence-electron chi connectivity index (χ2n) is 10.8. The van der Waals surface area contributed by atoms with Crippen molar-refractivity contribution in [2.75, 3.05) is 25.5 Å². The number of nitrogens with one attached hydrogen (secondary N) is 4. The molecule has 1 atom stereocenters. The van der Waals surface area contributed by atoms with Gasteiger partial charge in [0.1, 0.15) is 0 Å². The highest BCUT2D eigenvalue weighted by Crippen LogP contribution is 2.40. The molecule has 2 amide bonds. The predicted molar refractivity (Wildman–Crippen MR) is 169 cm³/mol. The zero-order valence-corrected chi connectivity index (χ0v) is 25.8. The molecule has 6 rings (SSSR count). The first-order chi connectivity index (χ1) is 21.3. The lowest BCUT2D eigenvalue weighted by atomic mass is 10.1. The number of nitrogens with zero attached hydrogens (tertiary/aromatic N) is 4. The molecule has 4 N–H and O–H groups in total. The summed E-state index contributed by atoms with van der Waals surface area (Å²) < 4.78 is 7.43. The van der Waals surface area contributed by atoms with E-state index in [2.05, 4.69) is 31.2 Å². The first-order valence-electron chi connectivity index (χ1n) is 14.4. The molecule has 0 spiro atoms. The number of methoxy groups -OCH3 is 1. The fourth-order valence-corrected chi connectivity index (χ4v) is 6.19. The van der Waals surface area contributed by atoms with E-state index in [4.69, 9.17) is 32.9 Å². The Bertz CT molecular complexity index is 1740. The molecule has 3 aromatic heterocycles. The molecule has 2 aliphatic heterocycles. The fraction of sp³-hybridized carbons (Fsp3) is 0.323. The molecule has 0 radical (unpaired) electrons. The van der Waals surface area contributed by atoms with Crippen molar-refractivity contribution in [1.29, 1.82) is 0 Å². The number of anilines is 1. The topological polar surface area (TPSA) is 135 Å². The number of carbonyl (C=O) groups excluding carboxylic acids is 2. The van der Waals surface area contributed by atoms with E-state index in [1.54, 1.807) is 37.6 Å². The Labute approximate surface area is 264 Å². The molecule has 1 aromatic carbocycles. The van der Waals surface area contributed by atoms with Crippen LogP contribution in [0, 0.1) is 0 Å². The second kappa shape index (κ2) is 12.9. The molecule has 4 aromatic rings. The van der Waals surface area contributed by atoms with E-state index in [0.717, 1.165) is 36.3 Å². The van der Waals surface area contributed by atoms with Crippen molar-refractivity contribution in [1.82, 2.24) is 35.5 Å². The smallest absolute Gasteiger partial charge is 0.291 e. The monoisotopic (exact) mass is 634 g/mol. The van der Waals surface area contributed by atoms with Crippen LogP contribution >= 0.6 is 23.2 Å². The number of benzene rings is 1. The number of fused-ring (bicyclic) bond motifs is 1. The van der Waals surface area contributed by atoms with Gasteiger partial charge in [-0.15, -0.1) is 0 Å². The zero-order chi connectivity index (χ0) is 30.8. The van der Waals surface area contributed by atoms with Gasteiger partial charge < -0.3 is 30.6 Å². The Morgan fingerprint density at radius 2 is 1.98 bits per heavy atom. The van der Waals surface area contributed by atoms with Gasteiger partial charge in [-0.05, 0) is 24.6 Å². The number of pyridine rings is 2. The van der Waals surface area contributed by atoms with Crippen LogP contribution in [0.4, 0.5) is 5.69 Å². The van der Waals surface area contributed by atoms with Gasteiger partial charge in [-0.1, -0.05) is 41.4 Å². The molecule has 1 fully saturated rings. The number of ether oxygens (including phenoxy) is 1. The van der Waals surface area contributed by atoms with Crippen molar-refractivity contribution < 1.29 is 14.3 Å². The highest BCUT2D eigenvalue weighted by Gasteiger charge is 2.24. The van der Waals surface area contributed by atoms with Crippen molar-refractivity contribution >= 4 is 40.7 Å². The molecule has 5 heterocycles. The maximum atomic E-state index is 13.2. The van der Waals surface area contributed by atoms with E-state index in [9.17, 15) is 9.59 Å². The Morgan fingerprint density at radius 1 is 1.11 bits per heavy atom. The third-order valence-electron chi connectivity index (χ3n) is 7.92. The molecule has 2 aliphatic rings. The normalized spacial score (nSPS) is 16.0. The summed E-state index contributed by atoms with van der Waals surface area (Å²) in [6.07, 6.45) is 3.84. The molecule has 44 heavy (non-hydrogen) atoms. The standard InChI is InChI=1S/C31H32Cl2N8O3/c1-41-24-11-12-34-16-23(24)38-29(41)30(43)39-22-5-3-4-20(26(22)32)28-27(33)19(10-13-36-28)21-8-6-17(31(40-21)44-2)14-35-15-18-7-9-25(42)37-18/h3-6,8,10,13,18,34-35H,7,9,11-12,14-16H2,1-2H3,(H,37,42)(H,39,43)/t18-/m0/s1. The lowest BCUT2D eigenvalue weighted by Gasteiger charge is -2.15. The predicted octanol–water partition coefficient (Wildman–Crippen LogP) is 4.13.